The summed E-state index contributed by atoms with van der Waals surface area (Å²) in [5.74, 6) is -0.0146. The van der Waals surface area contributed by atoms with Gasteiger partial charge in [0, 0.05) is 42.0 Å². The van der Waals surface area contributed by atoms with Crippen molar-refractivity contribution in [3.63, 3.8) is 0 Å². The fourth-order valence-corrected chi connectivity index (χ4v) is 5.76. The van der Waals surface area contributed by atoms with Crippen LogP contribution in [0.25, 0.3) is 11.1 Å². The Morgan fingerprint density at radius 1 is 1.25 bits per heavy atom. The maximum Gasteiger partial charge on any atom is 0.250 e. The number of rotatable bonds is 3. The first-order valence-corrected chi connectivity index (χ1v) is 11.2. The van der Waals surface area contributed by atoms with Crippen LogP contribution in [0, 0.1) is 6.92 Å². The Labute approximate surface area is 188 Å². The van der Waals surface area contributed by atoms with Crippen LogP contribution in [-0.2, 0) is 17.3 Å². The number of carbonyl (C=O) groups excluding carboxylic acids is 1. The molecule has 0 aliphatic carbocycles. The normalized spacial score (nSPS) is 26.1. The highest BCUT2D eigenvalue weighted by molar-refractivity contribution is 6.00. The van der Waals surface area contributed by atoms with Gasteiger partial charge in [-0.3, -0.25) is 9.48 Å². The van der Waals surface area contributed by atoms with Crippen LogP contribution in [0.2, 0.25) is 0 Å². The summed E-state index contributed by atoms with van der Waals surface area (Å²) >= 11 is 0. The number of nitrogens with one attached hydrogen (secondary N) is 2. The number of carbonyl (C=O) groups is 1. The van der Waals surface area contributed by atoms with Crippen LogP contribution in [-0.4, -0.2) is 27.4 Å². The van der Waals surface area contributed by atoms with E-state index in [-0.39, 0.29) is 17.6 Å². The molecule has 5 rings (SSSR count). The average molecular weight is 431 g/mol. The number of fused-ring (bicyclic) bond motifs is 1. The molecular weight excluding hydrogens is 400 g/mol. The molecule has 0 radical (unpaired) electrons. The first kappa shape index (κ1) is 20.7. The third kappa shape index (κ3) is 2.87. The summed E-state index contributed by atoms with van der Waals surface area (Å²) in [5.41, 5.74) is 7.11. The molecule has 0 saturated carbocycles. The monoisotopic (exact) mass is 430 g/mol. The second-order valence-electron chi connectivity index (χ2n) is 9.77. The molecule has 7 nitrogen and oxygen atoms in total. The second kappa shape index (κ2) is 6.89. The molecule has 2 aromatic rings. The smallest absolute Gasteiger partial charge is 0.250 e. The van der Waals surface area contributed by atoms with Gasteiger partial charge in [0.05, 0.1) is 22.4 Å². The van der Waals surface area contributed by atoms with Crippen molar-refractivity contribution >= 4 is 5.91 Å². The fraction of sp³-hybridized carbons (Fsp3) is 0.440. The van der Waals surface area contributed by atoms with E-state index >= 15 is 0 Å². The van der Waals surface area contributed by atoms with Gasteiger partial charge in [-0.15, -0.1) is 0 Å². The number of azo groups is 1. The van der Waals surface area contributed by atoms with Crippen LogP contribution >= 0.6 is 0 Å². The first-order chi connectivity index (χ1) is 15.2. The third-order valence-electron chi connectivity index (χ3n) is 6.99. The van der Waals surface area contributed by atoms with Crippen molar-refractivity contribution in [2.75, 3.05) is 0 Å². The summed E-state index contributed by atoms with van der Waals surface area (Å²) < 4.78 is 1.84. The van der Waals surface area contributed by atoms with Crippen LogP contribution in [0.4, 0.5) is 0 Å². The lowest BCUT2D eigenvalue weighted by molar-refractivity contribution is -0.120. The standard InChI is InChI=1S/C25H30N6O/c1-7-25(17-10-8-9-16(11-17)18-13-31(6)30-14(18)2)20-15(3)28-29-22(20)26-19-12-24(4,5)27-23(32)21(19)25/h8-11,13,22,26H,7,12H2,1-6H3,(H,27,32). The molecule has 0 bridgehead atoms. The molecule has 2 atom stereocenters. The lowest BCUT2D eigenvalue weighted by atomic mass is 9.61. The molecule has 1 amide bonds. The SMILES string of the molecule is CCC1(c2cccc(-c3cn(C)nc3C)c2)C2=C(CC(C)(C)NC2=O)NC2N=NC(C)=C21. The highest BCUT2D eigenvalue weighted by atomic mass is 16.2. The van der Waals surface area contributed by atoms with Gasteiger partial charge in [0.1, 0.15) is 0 Å². The van der Waals surface area contributed by atoms with E-state index in [9.17, 15) is 4.79 Å². The number of allylic oxidation sites excluding steroid dienone is 1. The highest BCUT2D eigenvalue weighted by Crippen LogP contribution is 2.53. The molecule has 32 heavy (non-hydrogen) atoms. The van der Waals surface area contributed by atoms with E-state index in [0.29, 0.717) is 0 Å². The van der Waals surface area contributed by atoms with Crippen molar-refractivity contribution < 1.29 is 4.79 Å². The molecule has 0 saturated heterocycles. The van der Waals surface area contributed by atoms with Gasteiger partial charge in [0.2, 0.25) is 0 Å². The maximum absolute atomic E-state index is 13.6. The lowest BCUT2D eigenvalue weighted by Gasteiger charge is -2.48. The summed E-state index contributed by atoms with van der Waals surface area (Å²) in [6.45, 7) is 10.3. The molecular formula is C25H30N6O. The Kier molecular flexibility index (Phi) is 4.45. The van der Waals surface area contributed by atoms with Gasteiger partial charge in [0.15, 0.2) is 6.17 Å². The van der Waals surface area contributed by atoms with Gasteiger partial charge in [0.25, 0.3) is 5.91 Å². The molecule has 7 heteroatoms. The molecule has 0 spiro atoms. The third-order valence-corrected chi connectivity index (χ3v) is 6.99. The summed E-state index contributed by atoms with van der Waals surface area (Å²) in [5, 5.41) is 20.3. The topological polar surface area (TPSA) is 83.7 Å². The summed E-state index contributed by atoms with van der Waals surface area (Å²) in [4.78, 5) is 13.6. The molecule has 3 aliphatic heterocycles. The first-order valence-electron chi connectivity index (χ1n) is 11.2. The van der Waals surface area contributed by atoms with Crippen molar-refractivity contribution in [2.45, 2.75) is 64.6 Å². The molecule has 3 aliphatic rings. The predicted octanol–water partition coefficient (Wildman–Crippen LogP) is 4.27. The fourth-order valence-electron chi connectivity index (χ4n) is 5.76. The van der Waals surface area contributed by atoms with E-state index in [1.807, 2.05) is 31.8 Å². The van der Waals surface area contributed by atoms with Crippen LogP contribution in [0.3, 0.4) is 0 Å². The number of benzene rings is 1. The van der Waals surface area contributed by atoms with Crippen LogP contribution in [0.5, 0.6) is 0 Å². The number of aryl methyl sites for hydroxylation is 2. The number of aromatic nitrogens is 2. The lowest BCUT2D eigenvalue weighted by Crippen LogP contribution is -2.58. The molecule has 166 valence electrons. The van der Waals surface area contributed by atoms with Crippen molar-refractivity contribution in [1.82, 2.24) is 20.4 Å². The minimum Gasteiger partial charge on any atom is -0.362 e. The Morgan fingerprint density at radius 3 is 2.72 bits per heavy atom. The molecule has 0 fully saturated rings. The number of hydrogen-bond acceptors (Lipinski definition) is 5. The Bertz CT molecular complexity index is 1230. The average Bonchev–Trinajstić information content (AvgIpc) is 3.27. The zero-order valence-electron chi connectivity index (χ0n) is 19.6. The quantitative estimate of drug-likeness (QED) is 0.763. The van der Waals surface area contributed by atoms with Crippen molar-refractivity contribution in [3.05, 3.63) is 64.3 Å². The number of amides is 1. The van der Waals surface area contributed by atoms with E-state index < -0.39 is 5.41 Å². The predicted molar refractivity (Wildman–Crippen MR) is 124 cm³/mol. The van der Waals surface area contributed by atoms with Crippen LogP contribution in [0.15, 0.2) is 63.2 Å². The van der Waals surface area contributed by atoms with E-state index in [1.165, 1.54) is 0 Å². The zero-order chi connectivity index (χ0) is 22.8. The summed E-state index contributed by atoms with van der Waals surface area (Å²) in [6, 6.07) is 8.54. The highest BCUT2D eigenvalue weighted by Gasteiger charge is 2.54. The summed E-state index contributed by atoms with van der Waals surface area (Å²) in [6.07, 6.45) is 3.28. The van der Waals surface area contributed by atoms with Gasteiger partial charge >= 0.3 is 0 Å². The van der Waals surface area contributed by atoms with E-state index in [2.05, 4.69) is 71.0 Å². The van der Waals surface area contributed by atoms with Crippen LogP contribution < -0.4 is 10.6 Å². The minimum absolute atomic E-state index is 0.0146. The molecule has 1 aromatic carbocycles. The Hall–Kier alpha value is -3.22. The zero-order valence-corrected chi connectivity index (χ0v) is 19.6. The van der Waals surface area contributed by atoms with Gasteiger partial charge in [-0.25, -0.2) is 0 Å². The maximum atomic E-state index is 13.6. The van der Waals surface area contributed by atoms with E-state index in [1.54, 1.807) is 0 Å². The van der Waals surface area contributed by atoms with Crippen molar-refractivity contribution in [2.24, 2.45) is 17.3 Å². The van der Waals surface area contributed by atoms with Gasteiger partial charge < -0.3 is 10.6 Å². The second-order valence-corrected chi connectivity index (χ2v) is 9.77. The van der Waals surface area contributed by atoms with E-state index in [0.717, 1.165) is 57.8 Å². The van der Waals surface area contributed by atoms with Gasteiger partial charge in [-0.05, 0) is 51.3 Å². The summed E-state index contributed by atoms with van der Waals surface area (Å²) in [7, 11) is 1.94. The minimum atomic E-state index is -0.592. The van der Waals surface area contributed by atoms with Crippen molar-refractivity contribution in [3.8, 4) is 11.1 Å². The number of hydrogen-bond donors (Lipinski definition) is 2. The van der Waals surface area contributed by atoms with Crippen LogP contribution in [0.1, 0.15) is 51.8 Å². The Balaban J connectivity index is 1.78. The molecule has 4 heterocycles. The molecule has 2 N–H and O–H groups in total. The largest absolute Gasteiger partial charge is 0.362 e. The number of nitrogens with zero attached hydrogens (tertiary/aromatic N) is 4. The molecule has 1 aromatic heterocycles. The van der Waals surface area contributed by atoms with E-state index in [4.69, 9.17) is 0 Å². The Morgan fingerprint density at radius 2 is 2.03 bits per heavy atom. The van der Waals surface area contributed by atoms with Gasteiger partial charge in [-0.1, -0.05) is 25.1 Å². The van der Waals surface area contributed by atoms with Crippen molar-refractivity contribution in [1.29, 1.82) is 0 Å². The van der Waals surface area contributed by atoms with Gasteiger partial charge in [-0.2, -0.15) is 15.3 Å². The molecule has 2 unspecified atom stereocenters.